The molecule has 0 radical (unpaired) electrons. The molecule has 1 N–H and O–H groups in total. The van der Waals surface area contributed by atoms with E-state index in [-0.39, 0.29) is 6.61 Å². The third-order valence-electron chi connectivity index (χ3n) is 3.07. The molecular weight excluding hydrogens is 328 g/mol. The number of amides is 1. The molecular formula is C17H16N2O4S. The molecule has 2 heterocycles. The summed E-state index contributed by atoms with van der Waals surface area (Å²) in [6.07, 6.45) is -0.494. The Morgan fingerprint density at radius 1 is 1.29 bits per heavy atom. The highest BCUT2D eigenvalue weighted by molar-refractivity contribution is 7.13. The molecule has 2 aromatic heterocycles. The molecule has 0 fully saturated rings. The van der Waals surface area contributed by atoms with Crippen molar-refractivity contribution in [3.63, 3.8) is 0 Å². The van der Waals surface area contributed by atoms with Gasteiger partial charge in [0, 0.05) is 17.8 Å². The van der Waals surface area contributed by atoms with Gasteiger partial charge in [-0.25, -0.2) is 4.79 Å². The fourth-order valence-corrected chi connectivity index (χ4v) is 2.69. The molecule has 0 unspecified atom stereocenters. The van der Waals surface area contributed by atoms with E-state index in [1.54, 1.807) is 42.5 Å². The second-order valence-electron chi connectivity index (χ2n) is 4.82. The fraction of sp³-hybridized carbons (Fsp3) is 0.176. The SMILES string of the molecule is CCOC(=O)Nc1cccc(OCc2cc(-c3cccs3)on2)c1. The van der Waals surface area contributed by atoms with Crippen LogP contribution in [0.4, 0.5) is 10.5 Å². The highest BCUT2D eigenvalue weighted by atomic mass is 32.1. The lowest BCUT2D eigenvalue weighted by Gasteiger charge is -2.08. The van der Waals surface area contributed by atoms with Crippen LogP contribution in [0.25, 0.3) is 10.6 Å². The van der Waals surface area contributed by atoms with Gasteiger partial charge in [0.15, 0.2) is 5.76 Å². The van der Waals surface area contributed by atoms with E-state index in [0.29, 0.717) is 23.7 Å². The van der Waals surface area contributed by atoms with Crippen LogP contribution in [0.3, 0.4) is 0 Å². The molecule has 3 rings (SSSR count). The maximum Gasteiger partial charge on any atom is 0.411 e. The van der Waals surface area contributed by atoms with Crippen LogP contribution >= 0.6 is 11.3 Å². The number of hydrogen-bond donors (Lipinski definition) is 1. The van der Waals surface area contributed by atoms with Gasteiger partial charge >= 0.3 is 6.09 Å². The molecule has 1 amide bonds. The molecule has 0 spiro atoms. The summed E-state index contributed by atoms with van der Waals surface area (Å²) in [7, 11) is 0. The first-order valence-electron chi connectivity index (χ1n) is 7.40. The van der Waals surface area contributed by atoms with Crippen molar-refractivity contribution >= 4 is 23.1 Å². The van der Waals surface area contributed by atoms with Crippen LogP contribution in [0.15, 0.2) is 52.4 Å². The predicted molar refractivity (Wildman–Crippen MR) is 91.2 cm³/mol. The molecule has 0 bridgehead atoms. The quantitative estimate of drug-likeness (QED) is 0.710. The molecule has 0 saturated heterocycles. The van der Waals surface area contributed by atoms with E-state index in [1.165, 1.54) is 0 Å². The van der Waals surface area contributed by atoms with Gasteiger partial charge in [-0.15, -0.1) is 11.3 Å². The van der Waals surface area contributed by atoms with Gasteiger partial charge in [-0.05, 0) is 30.5 Å². The normalized spacial score (nSPS) is 10.4. The van der Waals surface area contributed by atoms with Gasteiger partial charge in [0.05, 0.1) is 11.5 Å². The molecule has 0 atom stereocenters. The summed E-state index contributed by atoms with van der Waals surface area (Å²) in [6, 6.07) is 12.9. The van der Waals surface area contributed by atoms with Crippen LogP contribution in [0.2, 0.25) is 0 Å². The van der Waals surface area contributed by atoms with E-state index in [2.05, 4.69) is 10.5 Å². The second-order valence-corrected chi connectivity index (χ2v) is 5.77. The van der Waals surface area contributed by atoms with Crippen molar-refractivity contribution in [1.29, 1.82) is 0 Å². The summed E-state index contributed by atoms with van der Waals surface area (Å²) in [5.41, 5.74) is 1.30. The Morgan fingerprint density at radius 2 is 2.21 bits per heavy atom. The van der Waals surface area contributed by atoms with Crippen LogP contribution in [0, 0.1) is 0 Å². The Bertz CT molecular complexity index is 799. The molecule has 1 aromatic carbocycles. The lowest BCUT2D eigenvalue weighted by molar-refractivity contribution is 0.168. The summed E-state index contributed by atoms with van der Waals surface area (Å²) in [6.45, 7) is 2.35. The monoisotopic (exact) mass is 344 g/mol. The number of carbonyl (C=O) groups is 1. The van der Waals surface area contributed by atoms with Crippen molar-refractivity contribution in [1.82, 2.24) is 5.16 Å². The number of aromatic nitrogens is 1. The first-order valence-corrected chi connectivity index (χ1v) is 8.28. The molecule has 3 aromatic rings. The number of benzene rings is 1. The van der Waals surface area contributed by atoms with Crippen LogP contribution < -0.4 is 10.1 Å². The number of hydrogen-bond acceptors (Lipinski definition) is 6. The Morgan fingerprint density at radius 3 is 3.00 bits per heavy atom. The number of thiophene rings is 1. The Hall–Kier alpha value is -2.80. The maximum atomic E-state index is 11.4. The van der Waals surface area contributed by atoms with Crippen molar-refractivity contribution in [2.45, 2.75) is 13.5 Å². The van der Waals surface area contributed by atoms with Crippen molar-refractivity contribution in [3.8, 4) is 16.4 Å². The van der Waals surface area contributed by atoms with E-state index in [0.717, 1.165) is 10.6 Å². The maximum absolute atomic E-state index is 11.4. The van der Waals surface area contributed by atoms with Gasteiger partial charge in [-0.2, -0.15) is 0 Å². The molecule has 24 heavy (non-hydrogen) atoms. The minimum absolute atomic E-state index is 0.276. The first-order chi connectivity index (χ1) is 11.7. The molecule has 124 valence electrons. The topological polar surface area (TPSA) is 73.6 Å². The molecule has 0 aliphatic heterocycles. The zero-order valence-electron chi connectivity index (χ0n) is 13.0. The minimum atomic E-state index is -0.494. The first kappa shape index (κ1) is 16.1. The number of ether oxygens (including phenoxy) is 2. The zero-order chi connectivity index (χ0) is 16.8. The molecule has 0 aliphatic rings. The van der Waals surface area contributed by atoms with E-state index < -0.39 is 6.09 Å². The minimum Gasteiger partial charge on any atom is -0.487 e. The van der Waals surface area contributed by atoms with E-state index in [4.69, 9.17) is 14.0 Å². The molecule has 0 saturated carbocycles. The van der Waals surface area contributed by atoms with Gasteiger partial charge in [-0.1, -0.05) is 17.3 Å². The summed E-state index contributed by atoms with van der Waals surface area (Å²) in [5, 5.41) is 8.61. The molecule has 7 heteroatoms. The standard InChI is InChI=1S/C17H16N2O4S/c1-2-21-17(20)18-12-5-3-6-14(9-12)22-11-13-10-15(23-19-13)16-7-4-8-24-16/h3-10H,2,11H2,1H3,(H,18,20). The highest BCUT2D eigenvalue weighted by Gasteiger charge is 2.09. The van der Waals surface area contributed by atoms with Crippen molar-refractivity contribution in [2.75, 3.05) is 11.9 Å². The summed E-state index contributed by atoms with van der Waals surface area (Å²) in [5.74, 6) is 1.34. The number of nitrogens with one attached hydrogen (secondary N) is 1. The van der Waals surface area contributed by atoms with Gasteiger partial charge in [-0.3, -0.25) is 5.32 Å². The van der Waals surface area contributed by atoms with E-state index >= 15 is 0 Å². The van der Waals surface area contributed by atoms with Crippen molar-refractivity contribution < 1.29 is 18.8 Å². The second kappa shape index (κ2) is 7.65. The third kappa shape index (κ3) is 4.14. The van der Waals surface area contributed by atoms with Crippen LogP contribution in [0.1, 0.15) is 12.6 Å². The third-order valence-corrected chi connectivity index (χ3v) is 3.95. The van der Waals surface area contributed by atoms with Crippen molar-refractivity contribution in [2.24, 2.45) is 0 Å². The van der Waals surface area contributed by atoms with Gasteiger partial charge < -0.3 is 14.0 Å². The summed E-state index contributed by atoms with van der Waals surface area (Å²) < 4.78 is 15.8. The van der Waals surface area contributed by atoms with Crippen LogP contribution in [0.5, 0.6) is 5.75 Å². The average Bonchev–Trinajstić information content (AvgIpc) is 3.25. The smallest absolute Gasteiger partial charge is 0.411 e. The van der Waals surface area contributed by atoms with Gasteiger partial charge in [0.1, 0.15) is 18.1 Å². The lowest BCUT2D eigenvalue weighted by atomic mass is 10.3. The zero-order valence-corrected chi connectivity index (χ0v) is 13.8. The Kier molecular flexibility index (Phi) is 5.12. The Balaban J connectivity index is 1.59. The van der Waals surface area contributed by atoms with Crippen molar-refractivity contribution in [3.05, 3.63) is 53.5 Å². The average molecular weight is 344 g/mol. The van der Waals surface area contributed by atoms with Crippen LogP contribution in [-0.2, 0) is 11.3 Å². The molecule has 0 aliphatic carbocycles. The highest BCUT2D eigenvalue weighted by Crippen LogP contribution is 2.26. The van der Waals surface area contributed by atoms with Gasteiger partial charge in [0.25, 0.3) is 0 Å². The fourth-order valence-electron chi connectivity index (χ4n) is 2.02. The number of rotatable bonds is 6. The largest absolute Gasteiger partial charge is 0.487 e. The summed E-state index contributed by atoms with van der Waals surface area (Å²) >= 11 is 1.59. The predicted octanol–water partition coefficient (Wildman–Crippen LogP) is 4.55. The number of anilines is 1. The Labute approximate surface area is 143 Å². The van der Waals surface area contributed by atoms with E-state index in [9.17, 15) is 4.79 Å². The van der Waals surface area contributed by atoms with Crippen LogP contribution in [-0.4, -0.2) is 17.9 Å². The number of carbonyl (C=O) groups excluding carboxylic acids is 1. The molecule has 6 nitrogen and oxygen atoms in total. The lowest BCUT2D eigenvalue weighted by Crippen LogP contribution is -2.13. The summed E-state index contributed by atoms with van der Waals surface area (Å²) in [4.78, 5) is 12.4. The number of nitrogens with zero attached hydrogens (tertiary/aromatic N) is 1. The van der Waals surface area contributed by atoms with E-state index in [1.807, 2.05) is 23.6 Å². The van der Waals surface area contributed by atoms with Gasteiger partial charge in [0.2, 0.25) is 0 Å².